The molecule has 0 bridgehead atoms. The van der Waals surface area contributed by atoms with Gasteiger partial charge in [-0.1, -0.05) is 0 Å². The quantitative estimate of drug-likeness (QED) is 0.330. The van der Waals surface area contributed by atoms with Crippen LogP contribution < -0.4 is 10.1 Å². The first kappa shape index (κ1) is 19.1. The number of carbonyl (C=O) groups excluding carboxylic acids is 1. The molecule has 0 spiro atoms. The van der Waals surface area contributed by atoms with Crippen molar-refractivity contribution in [1.82, 2.24) is 0 Å². The number of nitrogens with one attached hydrogen (secondary N) is 1. The van der Waals surface area contributed by atoms with Gasteiger partial charge in [0.1, 0.15) is 5.75 Å². The van der Waals surface area contributed by atoms with E-state index >= 15 is 0 Å². The molecule has 148 valence electrons. The first-order valence-electron chi connectivity index (χ1n) is 9.41. The summed E-state index contributed by atoms with van der Waals surface area (Å²) in [4.78, 5) is 24.3. The van der Waals surface area contributed by atoms with Gasteiger partial charge < -0.3 is 10.1 Å². The van der Waals surface area contributed by atoms with E-state index in [1.807, 2.05) is 24.3 Å². The molecule has 0 fully saturated rings. The van der Waals surface area contributed by atoms with Crippen molar-refractivity contribution >= 4 is 33.5 Å². The molecule has 7 heteroatoms. The number of non-ortho nitro benzene ring substituents is 1. The monoisotopic (exact) mass is 408 g/mol. The van der Waals surface area contributed by atoms with Gasteiger partial charge in [0.15, 0.2) is 0 Å². The lowest BCUT2D eigenvalue weighted by Crippen LogP contribution is -2.07. The molecule has 1 aliphatic carbocycles. The molecule has 0 amide bonds. The fourth-order valence-corrected chi connectivity index (χ4v) is 4.87. The van der Waals surface area contributed by atoms with Gasteiger partial charge in [0.2, 0.25) is 5.78 Å². The fourth-order valence-electron chi connectivity index (χ4n) is 3.59. The molecular weight excluding hydrogens is 388 g/mol. The smallest absolute Gasteiger partial charge is 0.269 e. The van der Waals surface area contributed by atoms with Crippen molar-refractivity contribution < 1.29 is 14.5 Å². The molecule has 3 aromatic rings. The molecule has 2 aromatic carbocycles. The number of rotatable bonds is 6. The predicted octanol–water partition coefficient (Wildman–Crippen LogP) is 5.52. The molecule has 0 unspecified atom stereocenters. The molecule has 6 nitrogen and oxygen atoms in total. The van der Waals surface area contributed by atoms with Gasteiger partial charge in [0, 0.05) is 23.4 Å². The topological polar surface area (TPSA) is 81.5 Å². The molecule has 1 aromatic heterocycles. The predicted molar refractivity (Wildman–Crippen MR) is 114 cm³/mol. The molecule has 4 rings (SSSR count). The number of ether oxygens (including phenoxy) is 1. The maximum atomic E-state index is 13.1. The lowest BCUT2D eigenvalue weighted by molar-refractivity contribution is -0.384. The highest BCUT2D eigenvalue weighted by molar-refractivity contribution is 7.18. The van der Waals surface area contributed by atoms with E-state index in [0.29, 0.717) is 5.56 Å². The van der Waals surface area contributed by atoms with Crippen LogP contribution >= 0.6 is 11.3 Å². The Balaban J connectivity index is 1.66. The van der Waals surface area contributed by atoms with Gasteiger partial charge in [-0.2, -0.15) is 0 Å². The van der Waals surface area contributed by atoms with Gasteiger partial charge in [-0.05, 0) is 73.2 Å². The number of ketones is 1. The summed E-state index contributed by atoms with van der Waals surface area (Å²) in [6.45, 7) is 0. The third kappa shape index (κ3) is 3.86. The fraction of sp³-hybridized carbons (Fsp3) is 0.227. The van der Waals surface area contributed by atoms with Crippen molar-refractivity contribution in [3.05, 3.63) is 80.2 Å². The highest BCUT2D eigenvalue weighted by Crippen LogP contribution is 2.41. The number of methoxy groups -OCH3 is 1. The van der Waals surface area contributed by atoms with Crippen molar-refractivity contribution in [3.63, 3.8) is 0 Å². The molecule has 0 radical (unpaired) electrons. The molecule has 1 N–H and O–H groups in total. The Morgan fingerprint density at radius 1 is 1.03 bits per heavy atom. The maximum absolute atomic E-state index is 13.1. The molecular formula is C22H20N2O4S. The zero-order chi connectivity index (χ0) is 20.4. The van der Waals surface area contributed by atoms with E-state index in [9.17, 15) is 14.9 Å². The van der Waals surface area contributed by atoms with E-state index in [4.69, 9.17) is 4.74 Å². The van der Waals surface area contributed by atoms with Crippen molar-refractivity contribution in [3.8, 4) is 5.75 Å². The van der Waals surface area contributed by atoms with E-state index < -0.39 is 4.92 Å². The maximum Gasteiger partial charge on any atom is 0.269 e. The Morgan fingerprint density at radius 2 is 1.69 bits per heavy atom. The lowest BCUT2D eigenvalue weighted by Gasteiger charge is -2.15. The lowest BCUT2D eigenvalue weighted by atomic mass is 9.91. The number of anilines is 2. The second kappa shape index (κ2) is 8.05. The van der Waals surface area contributed by atoms with Crippen LogP contribution in [0, 0.1) is 10.1 Å². The van der Waals surface area contributed by atoms with Gasteiger partial charge in [-0.25, -0.2) is 0 Å². The third-order valence-corrected chi connectivity index (χ3v) is 6.30. The van der Waals surface area contributed by atoms with E-state index in [1.54, 1.807) is 7.11 Å². The Labute approximate surface area is 172 Å². The number of hydrogen-bond donors (Lipinski definition) is 1. The van der Waals surface area contributed by atoms with Crippen LogP contribution in [0.5, 0.6) is 5.75 Å². The minimum atomic E-state index is -0.460. The zero-order valence-corrected chi connectivity index (χ0v) is 16.8. The number of benzene rings is 2. The second-order valence-electron chi connectivity index (χ2n) is 6.91. The van der Waals surface area contributed by atoms with E-state index in [2.05, 4.69) is 5.32 Å². The van der Waals surface area contributed by atoms with Crippen LogP contribution in [0.1, 0.15) is 39.2 Å². The molecule has 0 atom stereocenters. The Kier molecular flexibility index (Phi) is 5.31. The molecule has 1 aliphatic rings. The summed E-state index contributed by atoms with van der Waals surface area (Å²) >= 11 is 1.47. The summed E-state index contributed by atoms with van der Waals surface area (Å²) in [6.07, 6.45) is 3.99. The van der Waals surface area contributed by atoms with Crippen LogP contribution in [0.25, 0.3) is 0 Å². The molecule has 0 saturated carbocycles. The largest absolute Gasteiger partial charge is 0.497 e. The first-order chi connectivity index (χ1) is 14.1. The number of nitrogens with zero attached hydrogens (tertiary/aromatic N) is 1. The zero-order valence-electron chi connectivity index (χ0n) is 15.9. The Bertz CT molecular complexity index is 1060. The third-order valence-electron chi connectivity index (χ3n) is 5.11. The normalized spacial score (nSPS) is 12.9. The second-order valence-corrected chi connectivity index (χ2v) is 7.93. The minimum absolute atomic E-state index is 0.0170. The first-order valence-corrected chi connectivity index (χ1v) is 10.2. The van der Waals surface area contributed by atoms with Gasteiger partial charge in [0.05, 0.1) is 21.9 Å². The van der Waals surface area contributed by atoms with Crippen LogP contribution in [0.2, 0.25) is 0 Å². The summed E-state index contributed by atoms with van der Waals surface area (Å²) in [6, 6.07) is 13.5. The van der Waals surface area contributed by atoms with Gasteiger partial charge in [0.25, 0.3) is 5.69 Å². The van der Waals surface area contributed by atoms with Crippen molar-refractivity contribution in [2.24, 2.45) is 0 Å². The number of fused-ring (bicyclic) bond motifs is 1. The highest BCUT2D eigenvalue weighted by Gasteiger charge is 2.26. The standard InChI is InChI=1S/C22H20N2O4S/c1-28-17-12-8-15(9-13-17)23-22-19-5-3-2-4-18(19)21(29-22)20(25)14-6-10-16(11-7-14)24(26)27/h6-13,23H,2-5H2,1H3. The van der Waals surface area contributed by atoms with Crippen molar-refractivity contribution in [2.75, 3.05) is 12.4 Å². The molecule has 29 heavy (non-hydrogen) atoms. The number of nitro benzene ring substituents is 1. The summed E-state index contributed by atoms with van der Waals surface area (Å²) in [5, 5.41) is 15.3. The van der Waals surface area contributed by atoms with Gasteiger partial charge >= 0.3 is 0 Å². The van der Waals surface area contributed by atoms with E-state index in [-0.39, 0.29) is 11.5 Å². The number of thiophene rings is 1. The number of carbonyl (C=O) groups is 1. The number of hydrogen-bond acceptors (Lipinski definition) is 6. The Morgan fingerprint density at radius 3 is 2.31 bits per heavy atom. The van der Waals surface area contributed by atoms with E-state index in [1.165, 1.54) is 41.2 Å². The SMILES string of the molecule is COc1ccc(Nc2sc(C(=O)c3ccc([N+](=O)[O-])cc3)c3c2CCCC3)cc1. The molecule has 0 aliphatic heterocycles. The summed E-state index contributed by atoms with van der Waals surface area (Å²) in [5.41, 5.74) is 3.72. The van der Waals surface area contributed by atoms with E-state index in [0.717, 1.165) is 52.6 Å². The minimum Gasteiger partial charge on any atom is -0.497 e. The Hall–Kier alpha value is -3.19. The highest BCUT2D eigenvalue weighted by atomic mass is 32.1. The number of nitro groups is 1. The van der Waals surface area contributed by atoms with Crippen LogP contribution in [0.3, 0.4) is 0 Å². The molecule has 1 heterocycles. The summed E-state index contributed by atoms with van der Waals surface area (Å²) in [5.74, 6) is 0.712. The average Bonchev–Trinajstić information content (AvgIpc) is 3.12. The summed E-state index contributed by atoms with van der Waals surface area (Å²) < 4.78 is 5.21. The summed E-state index contributed by atoms with van der Waals surface area (Å²) in [7, 11) is 1.63. The van der Waals surface area contributed by atoms with Crippen LogP contribution in [0.15, 0.2) is 48.5 Å². The van der Waals surface area contributed by atoms with Crippen molar-refractivity contribution in [2.45, 2.75) is 25.7 Å². The van der Waals surface area contributed by atoms with Crippen LogP contribution in [0.4, 0.5) is 16.4 Å². The van der Waals surface area contributed by atoms with Gasteiger partial charge in [-0.3, -0.25) is 14.9 Å². The van der Waals surface area contributed by atoms with Crippen LogP contribution in [-0.4, -0.2) is 17.8 Å². The van der Waals surface area contributed by atoms with Gasteiger partial charge in [-0.15, -0.1) is 11.3 Å². The average molecular weight is 408 g/mol. The van der Waals surface area contributed by atoms with Crippen LogP contribution in [-0.2, 0) is 12.8 Å². The molecule has 0 saturated heterocycles. The van der Waals surface area contributed by atoms with Crippen molar-refractivity contribution in [1.29, 1.82) is 0 Å².